The maximum atomic E-state index is 13.0. The Morgan fingerprint density at radius 2 is 1.89 bits per heavy atom. The van der Waals surface area contributed by atoms with Crippen molar-refractivity contribution in [2.75, 3.05) is 5.75 Å². The van der Waals surface area contributed by atoms with E-state index in [4.69, 9.17) is 0 Å². The highest BCUT2D eigenvalue weighted by molar-refractivity contribution is 8.00. The summed E-state index contributed by atoms with van der Waals surface area (Å²) in [5, 5.41) is 0.632. The van der Waals surface area contributed by atoms with Crippen molar-refractivity contribution >= 4 is 17.5 Å². The Kier molecular flexibility index (Phi) is 5.05. The highest BCUT2D eigenvalue weighted by atomic mass is 32.2. The molecule has 0 radical (unpaired) electrons. The maximum Gasteiger partial charge on any atom is 0.248 e. The molecule has 2 aliphatic carbocycles. The van der Waals surface area contributed by atoms with Crippen LogP contribution in [0.2, 0.25) is 0 Å². The van der Waals surface area contributed by atoms with Crippen LogP contribution in [0.4, 0.5) is 8.78 Å². The van der Waals surface area contributed by atoms with E-state index < -0.39 is 5.92 Å². The molecule has 4 heteroatoms. The van der Waals surface area contributed by atoms with Crippen LogP contribution >= 0.6 is 11.8 Å². The predicted octanol–water partition coefficient (Wildman–Crippen LogP) is 4.45. The normalized spacial score (nSPS) is 28.4. The zero-order valence-electron chi connectivity index (χ0n) is 10.8. The summed E-state index contributed by atoms with van der Waals surface area (Å²) >= 11 is 1.75. The van der Waals surface area contributed by atoms with Gasteiger partial charge in [-0.05, 0) is 25.2 Å². The minimum Gasteiger partial charge on any atom is -0.299 e. The minimum atomic E-state index is -2.51. The summed E-state index contributed by atoms with van der Waals surface area (Å²) in [4.78, 5) is 11.8. The molecule has 0 amide bonds. The van der Waals surface area contributed by atoms with E-state index in [1.807, 2.05) is 0 Å². The molecule has 0 aromatic carbocycles. The highest BCUT2D eigenvalue weighted by Gasteiger charge is 2.39. The molecule has 1 nitrogen and oxygen atoms in total. The number of halogens is 2. The lowest BCUT2D eigenvalue weighted by molar-refractivity contribution is -0.117. The second-order valence-electron chi connectivity index (χ2n) is 5.78. The fraction of sp³-hybridized carbons (Fsp3) is 0.929. The van der Waals surface area contributed by atoms with Crippen LogP contribution in [0.5, 0.6) is 0 Å². The zero-order chi connectivity index (χ0) is 13.0. The van der Waals surface area contributed by atoms with Gasteiger partial charge in [0.05, 0.1) is 5.75 Å². The fourth-order valence-electron chi connectivity index (χ4n) is 3.04. The van der Waals surface area contributed by atoms with Crippen LogP contribution in [-0.4, -0.2) is 22.7 Å². The molecule has 0 aliphatic heterocycles. The van der Waals surface area contributed by atoms with Crippen molar-refractivity contribution in [3.63, 3.8) is 0 Å². The Hall–Kier alpha value is -0.120. The molecule has 0 heterocycles. The van der Waals surface area contributed by atoms with Crippen molar-refractivity contribution in [3.8, 4) is 0 Å². The van der Waals surface area contributed by atoms with Crippen LogP contribution in [0.3, 0.4) is 0 Å². The molecule has 2 saturated carbocycles. The largest absolute Gasteiger partial charge is 0.299 e. The van der Waals surface area contributed by atoms with Gasteiger partial charge in [-0.25, -0.2) is 8.78 Å². The Labute approximate surface area is 112 Å². The molecule has 2 aliphatic rings. The molecule has 0 saturated heterocycles. The first kappa shape index (κ1) is 14.3. The molecule has 104 valence electrons. The average Bonchev–Trinajstić information content (AvgIpc) is 2.67. The number of carbonyl (C=O) groups is 1. The van der Waals surface area contributed by atoms with Gasteiger partial charge < -0.3 is 0 Å². The van der Waals surface area contributed by atoms with E-state index >= 15 is 0 Å². The Bertz CT molecular complexity index is 288. The smallest absolute Gasteiger partial charge is 0.248 e. The second kappa shape index (κ2) is 6.36. The van der Waals surface area contributed by atoms with Crippen LogP contribution in [0.25, 0.3) is 0 Å². The molecule has 0 spiro atoms. The summed E-state index contributed by atoms with van der Waals surface area (Å²) in [6, 6.07) is 0. The topological polar surface area (TPSA) is 17.1 Å². The molecule has 2 fully saturated rings. The predicted molar refractivity (Wildman–Crippen MR) is 71.2 cm³/mol. The Balaban J connectivity index is 1.63. The molecule has 0 aromatic heterocycles. The standard InChI is InChI=1S/C14H22F2OS/c15-14(16)7-6-11(9-14)8-12(17)10-18-13-4-2-1-3-5-13/h11,13H,1-10H2. The van der Waals surface area contributed by atoms with Crippen LogP contribution in [0.15, 0.2) is 0 Å². The van der Waals surface area contributed by atoms with E-state index in [0.29, 0.717) is 23.8 Å². The van der Waals surface area contributed by atoms with E-state index in [2.05, 4.69) is 0 Å². The number of ketones is 1. The van der Waals surface area contributed by atoms with Gasteiger partial charge in [-0.3, -0.25) is 4.79 Å². The van der Waals surface area contributed by atoms with E-state index in [9.17, 15) is 13.6 Å². The third-order valence-electron chi connectivity index (χ3n) is 4.05. The lowest BCUT2D eigenvalue weighted by atomic mass is 10.0. The van der Waals surface area contributed by atoms with Crippen molar-refractivity contribution in [2.45, 2.75) is 69.0 Å². The van der Waals surface area contributed by atoms with Crippen LogP contribution in [0.1, 0.15) is 57.8 Å². The molecule has 1 atom stereocenters. The van der Waals surface area contributed by atoms with Gasteiger partial charge in [0, 0.05) is 24.5 Å². The van der Waals surface area contributed by atoms with Crippen LogP contribution in [-0.2, 0) is 4.79 Å². The monoisotopic (exact) mass is 276 g/mol. The van der Waals surface area contributed by atoms with Gasteiger partial charge in [-0.1, -0.05) is 19.3 Å². The highest BCUT2D eigenvalue weighted by Crippen LogP contribution is 2.40. The zero-order valence-corrected chi connectivity index (χ0v) is 11.6. The van der Waals surface area contributed by atoms with Crippen molar-refractivity contribution in [1.29, 1.82) is 0 Å². The first-order valence-corrected chi connectivity index (χ1v) is 8.11. The van der Waals surface area contributed by atoms with Gasteiger partial charge in [0.25, 0.3) is 0 Å². The SMILES string of the molecule is O=C(CSC1CCCCC1)CC1CCC(F)(F)C1. The first-order valence-electron chi connectivity index (χ1n) is 7.06. The first-order chi connectivity index (χ1) is 8.55. The molecule has 2 rings (SSSR count). The van der Waals surface area contributed by atoms with Gasteiger partial charge in [0.1, 0.15) is 5.78 Å². The fourth-order valence-corrected chi connectivity index (χ4v) is 4.25. The summed E-state index contributed by atoms with van der Waals surface area (Å²) in [5.74, 6) is -1.87. The van der Waals surface area contributed by atoms with Crippen LogP contribution < -0.4 is 0 Å². The number of hydrogen-bond acceptors (Lipinski definition) is 2. The quantitative estimate of drug-likeness (QED) is 0.738. The third-order valence-corrected chi connectivity index (χ3v) is 5.49. The van der Waals surface area contributed by atoms with Crippen molar-refractivity contribution in [2.24, 2.45) is 5.92 Å². The number of Topliss-reactive ketones (excluding diaryl/α,β-unsaturated/α-hetero) is 1. The number of carbonyl (C=O) groups excluding carboxylic acids is 1. The van der Waals surface area contributed by atoms with Crippen molar-refractivity contribution in [3.05, 3.63) is 0 Å². The number of hydrogen-bond donors (Lipinski definition) is 0. The summed E-state index contributed by atoms with van der Waals surface area (Å²) in [6.07, 6.45) is 7.11. The minimum absolute atomic E-state index is 0.0271. The van der Waals surface area contributed by atoms with Gasteiger partial charge >= 0.3 is 0 Å². The van der Waals surface area contributed by atoms with Gasteiger partial charge in [0.15, 0.2) is 0 Å². The molecule has 0 bridgehead atoms. The molecular weight excluding hydrogens is 254 g/mol. The Morgan fingerprint density at radius 1 is 1.17 bits per heavy atom. The number of rotatable bonds is 5. The molecular formula is C14H22F2OS. The van der Waals surface area contributed by atoms with Crippen molar-refractivity contribution in [1.82, 2.24) is 0 Å². The molecule has 0 N–H and O–H groups in total. The second-order valence-corrected chi connectivity index (χ2v) is 7.07. The lowest BCUT2D eigenvalue weighted by Crippen LogP contribution is -2.15. The van der Waals surface area contributed by atoms with E-state index in [1.165, 1.54) is 32.1 Å². The molecule has 1 unspecified atom stereocenters. The third kappa shape index (κ3) is 4.52. The van der Waals surface area contributed by atoms with Crippen molar-refractivity contribution < 1.29 is 13.6 Å². The average molecular weight is 276 g/mol. The van der Waals surface area contributed by atoms with Crippen LogP contribution in [0, 0.1) is 5.92 Å². The molecule has 0 aromatic rings. The van der Waals surface area contributed by atoms with Gasteiger partial charge in [-0.2, -0.15) is 11.8 Å². The number of alkyl halides is 2. The van der Waals surface area contributed by atoms with E-state index in [-0.39, 0.29) is 24.5 Å². The summed E-state index contributed by atoms with van der Waals surface area (Å²) in [6.45, 7) is 0. The van der Waals surface area contributed by atoms with E-state index in [1.54, 1.807) is 11.8 Å². The summed E-state index contributed by atoms with van der Waals surface area (Å²) in [5.41, 5.74) is 0. The van der Waals surface area contributed by atoms with E-state index in [0.717, 1.165) is 0 Å². The van der Waals surface area contributed by atoms with Gasteiger partial charge in [0.2, 0.25) is 5.92 Å². The molecule has 18 heavy (non-hydrogen) atoms. The lowest BCUT2D eigenvalue weighted by Gasteiger charge is -2.20. The number of thioether (sulfide) groups is 1. The maximum absolute atomic E-state index is 13.0. The van der Waals surface area contributed by atoms with Gasteiger partial charge in [-0.15, -0.1) is 0 Å². The summed E-state index contributed by atoms with van der Waals surface area (Å²) < 4.78 is 26.0. The Morgan fingerprint density at radius 3 is 2.50 bits per heavy atom. The summed E-state index contributed by atoms with van der Waals surface area (Å²) in [7, 11) is 0.